The van der Waals surface area contributed by atoms with E-state index in [9.17, 15) is 4.79 Å². The van der Waals surface area contributed by atoms with E-state index in [1.807, 2.05) is 18.9 Å². The highest BCUT2D eigenvalue weighted by Crippen LogP contribution is 2.13. The molecule has 2 aromatic rings. The summed E-state index contributed by atoms with van der Waals surface area (Å²) < 4.78 is 1.41. The molecular weight excluding hydrogens is 232 g/mol. The molecule has 0 saturated carbocycles. The van der Waals surface area contributed by atoms with Gasteiger partial charge in [-0.3, -0.25) is 0 Å². The van der Waals surface area contributed by atoms with Crippen LogP contribution in [-0.2, 0) is 0 Å². The molecule has 2 heterocycles. The van der Waals surface area contributed by atoms with E-state index in [2.05, 4.69) is 21.3 Å². The van der Waals surface area contributed by atoms with Crippen LogP contribution in [0, 0.1) is 24.2 Å². The van der Waals surface area contributed by atoms with Crippen LogP contribution in [0.1, 0.15) is 12.7 Å². The van der Waals surface area contributed by atoms with Crippen LogP contribution in [0.4, 0.5) is 5.82 Å². The highest BCUT2D eigenvalue weighted by Gasteiger charge is 2.11. The van der Waals surface area contributed by atoms with Gasteiger partial charge in [-0.05, 0) is 13.8 Å². The van der Waals surface area contributed by atoms with Crippen LogP contribution in [0.15, 0.2) is 10.9 Å². The van der Waals surface area contributed by atoms with Crippen molar-refractivity contribution in [3.63, 3.8) is 0 Å². The zero-order chi connectivity index (χ0) is 13.3. The number of aromatic nitrogens is 4. The first-order valence-electron chi connectivity index (χ1n) is 5.58. The summed E-state index contributed by atoms with van der Waals surface area (Å²) in [5.41, 5.74) is 0.230. The summed E-state index contributed by atoms with van der Waals surface area (Å²) in [6.45, 7) is 4.17. The molecule has 2 aromatic heterocycles. The van der Waals surface area contributed by atoms with E-state index in [0.717, 1.165) is 0 Å². The molecule has 1 atom stereocenters. The van der Waals surface area contributed by atoms with Gasteiger partial charge in [-0.15, -0.1) is 0 Å². The number of nitriles is 1. The van der Waals surface area contributed by atoms with Crippen LogP contribution in [0.25, 0.3) is 5.65 Å². The third-order valence-corrected chi connectivity index (χ3v) is 2.72. The van der Waals surface area contributed by atoms with Crippen LogP contribution >= 0.6 is 0 Å². The van der Waals surface area contributed by atoms with E-state index >= 15 is 0 Å². The first kappa shape index (κ1) is 12.1. The second-order valence-corrected chi connectivity index (χ2v) is 4.29. The van der Waals surface area contributed by atoms with Crippen molar-refractivity contribution in [2.75, 3.05) is 18.5 Å². The van der Waals surface area contributed by atoms with E-state index in [-0.39, 0.29) is 11.6 Å². The summed E-state index contributed by atoms with van der Waals surface area (Å²) in [7, 11) is 1.86. The number of H-pyrrole nitrogens is 1. The molecule has 0 aliphatic heterocycles. The maximum Gasteiger partial charge on any atom is 0.349 e. The number of hydrogen-bond acceptors (Lipinski definition) is 5. The van der Waals surface area contributed by atoms with Gasteiger partial charge in [0.1, 0.15) is 11.6 Å². The Balaban J connectivity index is 2.41. The van der Waals surface area contributed by atoms with Crippen LogP contribution < -0.4 is 10.6 Å². The molecule has 0 fully saturated rings. The topological polar surface area (TPSA) is 90.1 Å². The third kappa shape index (κ3) is 2.05. The Labute approximate surface area is 104 Å². The Morgan fingerprint density at radius 3 is 3.06 bits per heavy atom. The lowest BCUT2D eigenvalue weighted by atomic mass is 10.2. The average molecular weight is 246 g/mol. The predicted molar refractivity (Wildman–Crippen MR) is 66.4 cm³/mol. The molecule has 0 saturated heterocycles. The van der Waals surface area contributed by atoms with E-state index in [0.29, 0.717) is 23.8 Å². The quantitative estimate of drug-likeness (QED) is 0.842. The lowest BCUT2D eigenvalue weighted by molar-refractivity contribution is 0.707. The first-order chi connectivity index (χ1) is 8.52. The molecule has 0 aliphatic rings. The molecule has 0 amide bonds. The lowest BCUT2D eigenvalue weighted by Crippen LogP contribution is -2.25. The van der Waals surface area contributed by atoms with Gasteiger partial charge in [0, 0.05) is 19.7 Å². The summed E-state index contributed by atoms with van der Waals surface area (Å²) in [5.74, 6) is 1.17. The molecule has 7 heteroatoms. The van der Waals surface area contributed by atoms with Gasteiger partial charge in [0.15, 0.2) is 5.65 Å². The Morgan fingerprint density at radius 1 is 1.67 bits per heavy atom. The number of nitrogens with zero attached hydrogens (tertiary/aromatic N) is 5. The minimum absolute atomic E-state index is 0.0882. The monoisotopic (exact) mass is 246 g/mol. The maximum absolute atomic E-state index is 11.5. The van der Waals surface area contributed by atoms with Gasteiger partial charge in [-0.25, -0.2) is 19.3 Å². The Bertz CT molecular complexity index is 664. The summed E-state index contributed by atoms with van der Waals surface area (Å²) in [5, 5.41) is 15.1. The summed E-state index contributed by atoms with van der Waals surface area (Å²) in [4.78, 5) is 17.7. The number of fused-ring (bicyclic) bond motifs is 1. The minimum Gasteiger partial charge on any atom is -0.358 e. The number of rotatable bonds is 3. The second-order valence-electron chi connectivity index (χ2n) is 4.29. The predicted octanol–water partition coefficient (Wildman–Crippen LogP) is 0.322. The SMILES string of the molecule is Cc1nc(N(C)CC(C)C#N)cc2n[nH]c(=O)n12. The molecule has 0 aromatic carbocycles. The standard InChI is InChI=1S/C11H14N6O/c1-7(5-12)6-16(3)9-4-10-14-15-11(18)17(10)8(2)13-9/h4,7H,6H2,1-3H3,(H,15,18). The van der Waals surface area contributed by atoms with E-state index in [1.165, 1.54) is 4.40 Å². The molecular formula is C11H14N6O. The summed E-state index contributed by atoms with van der Waals surface area (Å²) in [6.07, 6.45) is 0. The smallest absolute Gasteiger partial charge is 0.349 e. The van der Waals surface area contributed by atoms with Crippen molar-refractivity contribution in [2.45, 2.75) is 13.8 Å². The number of nitrogens with one attached hydrogen (secondary N) is 1. The Hall–Kier alpha value is -2.36. The fourth-order valence-corrected chi connectivity index (χ4v) is 1.82. The first-order valence-corrected chi connectivity index (χ1v) is 5.58. The molecule has 0 aliphatic carbocycles. The van der Waals surface area contributed by atoms with Crippen LogP contribution in [0.5, 0.6) is 0 Å². The second kappa shape index (κ2) is 4.49. The van der Waals surface area contributed by atoms with Crippen LogP contribution in [0.2, 0.25) is 0 Å². The molecule has 0 radical (unpaired) electrons. The Morgan fingerprint density at radius 2 is 2.39 bits per heavy atom. The number of anilines is 1. The number of aromatic amines is 1. The van der Waals surface area contributed by atoms with Gasteiger partial charge < -0.3 is 4.90 Å². The fourth-order valence-electron chi connectivity index (χ4n) is 1.82. The van der Waals surface area contributed by atoms with Gasteiger partial charge in [-0.2, -0.15) is 10.4 Å². The highest BCUT2D eigenvalue weighted by atomic mass is 16.1. The van der Waals surface area contributed by atoms with Gasteiger partial charge >= 0.3 is 5.69 Å². The van der Waals surface area contributed by atoms with Gasteiger partial charge in [-0.1, -0.05) is 0 Å². The van der Waals surface area contributed by atoms with Crippen molar-refractivity contribution < 1.29 is 0 Å². The largest absolute Gasteiger partial charge is 0.358 e. The van der Waals surface area contributed by atoms with Crippen molar-refractivity contribution in [1.29, 1.82) is 5.26 Å². The summed E-state index contributed by atoms with van der Waals surface area (Å²) in [6, 6.07) is 3.89. The van der Waals surface area contributed by atoms with Crippen LogP contribution in [-0.4, -0.2) is 33.2 Å². The lowest BCUT2D eigenvalue weighted by Gasteiger charge is -2.19. The molecule has 18 heavy (non-hydrogen) atoms. The summed E-state index contributed by atoms with van der Waals surface area (Å²) >= 11 is 0. The van der Waals surface area contributed by atoms with E-state index in [1.54, 1.807) is 13.0 Å². The molecule has 0 spiro atoms. The third-order valence-electron chi connectivity index (χ3n) is 2.72. The van der Waals surface area contributed by atoms with Crippen molar-refractivity contribution in [3.05, 3.63) is 22.4 Å². The zero-order valence-corrected chi connectivity index (χ0v) is 10.5. The van der Waals surface area contributed by atoms with Gasteiger partial charge in [0.05, 0.1) is 12.0 Å². The molecule has 94 valence electrons. The van der Waals surface area contributed by atoms with E-state index in [4.69, 9.17) is 5.26 Å². The zero-order valence-electron chi connectivity index (χ0n) is 10.5. The number of hydrogen-bond donors (Lipinski definition) is 1. The molecule has 2 rings (SSSR count). The minimum atomic E-state index is -0.297. The van der Waals surface area contributed by atoms with Crippen molar-refractivity contribution in [1.82, 2.24) is 19.6 Å². The highest BCUT2D eigenvalue weighted by molar-refractivity contribution is 5.51. The molecule has 1 unspecified atom stereocenters. The van der Waals surface area contributed by atoms with Crippen molar-refractivity contribution in [3.8, 4) is 6.07 Å². The molecule has 1 N–H and O–H groups in total. The maximum atomic E-state index is 11.5. The average Bonchev–Trinajstić information content (AvgIpc) is 2.71. The Kier molecular flexibility index (Phi) is 3.02. The van der Waals surface area contributed by atoms with E-state index < -0.39 is 0 Å². The molecule has 7 nitrogen and oxygen atoms in total. The molecule has 0 bridgehead atoms. The van der Waals surface area contributed by atoms with Crippen molar-refractivity contribution in [2.24, 2.45) is 5.92 Å². The van der Waals surface area contributed by atoms with Gasteiger partial charge in [0.25, 0.3) is 0 Å². The number of aryl methyl sites for hydroxylation is 1. The van der Waals surface area contributed by atoms with Gasteiger partial charge in [0.2, 0.25) is 0 Å². The fraction of sp³-hybridized carbons (Fsp3) is 0.455. The normalized spacial score (nSPS) is 12.3. The van der Waals surface area contributed by atoms with Crippen molar-refractivity contribution >= 4 is 11.5 Å². The van der Waals surface area contributed by atoms with Crippen LogP contribution in [0.3, 0.4) is 0 Å².